The Morgan fingerprint density at radius 3 is 3.00 bits per heavy atom. The van der Waals surface area contributed by atoms with Gasteiger partial charge in [0.15, 0.2) is 0 Å². The first kappa shape index (κ1) is 16.2. The fourth-order valence-corrected chi connectivity index (χ4v) is 1.91. The van der Waals surface area contributed by atoms with Gasteiger partial charge in [0, 0.05) is 18.4 Å². The number of aromatic nitrogens is 1. The van der Waals surface area contributed by atoms with E-state index in [1.54, 1.807) is 18.5 Å². The summed E-state index contributed by atoms with van der Waals surface area (Å²) in [5, 5.41) is 3.01. The zero-order valence-electron chi connectivity index (χ0n) is 12.3. The third-order valence-electron chi connectivity index (χ3n) is 3.01. The Morgan fingerprint density at radius 1 is 1.50 bits per heavy atom. The summed E-state index contributed by atoms with van der Waals surface area (Å²) in [5.74, 6) is 5.53. The normalized spacial score (nSPS) is 11.3. The van der Waals surface area contributed by atoms with Crippen molar-refractivity contribution in [3.63, 3.8) is 0 Å². The number of hydrogen-bond acceptors (Lipinski definition) is 3. The standard InChI is InChI=1S/C16H23N3O/c1-3-4-5-7-13(2)19-16(20)15-9-11-18-12-14(15)8-6-10-17/h9,11-13H,3-5,7,10,17H2,1-2H3,(H,19,20). The minimum absolute atomic E-state index is 0.0993. The predicted molar refractivity (Wildman–Crippen MR) is 81.2 cm³/mol. The maximum Gasteiger partial charge on any atom is 0.252 e. The number of carbonyl (C=O) groups excluding carboxylic acids is 1. The highest BCUT2D eigenvalue weighted by Crippen LogP contribution is 2.08. The zero-order valence-corrected chi connectivity index (χ0v) is 12.3. The molecule has 0 aliphatic rings. The summed E-state index contributed by atoms with van der Waals surface area (Å²) in [6, 6.07) is 1.85. The molecule has 1 aromatic heterocycles. The topological polar surface area (TPSA) is 68.0 Å². The summed E-state index contributed by atoms with van der Waals surface area (Å²) in [5.41, 5.74) is 6.54. The van der Waals surface area contributed by atoms with Crippen molar-refractivity contribution in [1.29, 1.82) is 0 Å². The Kier molecular flexibility index (Phi) is 7.38. The van der Waals surface area contributed by atoms with Gasteiger partial charge in [-0.1, -0.05) is 38.0 Å². The van der Waals surface area contributed by atoms with Crippen LogP contribution < -0.4 is 11.1 Å². The van der Waals surface area contributed by atoms with Crippen molar-refractivity contribution in [2.75, 3.05) is 6.54 Å². The summed E-state index contributed by atoms with van der Waals surface area (Å²) in [7, 11) is 0. The number of carbonyl (C=O) groups is 1. The van der Waals surface area contributed by atoms with Crippen LogP contribution in [0, 0.1) is 11.8 Å². The molecular formula is C16H23N3O. The van der Waals surface area contributed by atoms with Crippen LogP contribution in [0.1, 0.15) is 55.5 Å². The number of amides is 1. The fraction of sp³-hybridized carbons (Fsp3) is 0.500. The van der Waals surface area contributed by atoms with Gasteiger partial charge in [0.25, 0.3) is 5.91 Å². The number of hydrogen-bond donors (Lipinski definition) is 2. The minimum atomic E-state index is -0.0993. The van der Waals surface area contributed by atoms with Gasteiger partial charge < -0.3 is 11.1 Å². The van der Waals surface area contributed by atoms with Crippen molar-refractivity contribution < 1.29 is 4.79 Å². The SMILES string of the molecule is CCCCCC(C)NC(=O)c1ccncc1C#CCN. The quantitative estimate of drug-likeness (QED) is 0.616. The van der Waals surface area contributed by atoms with Crippen molar-refractivity contribution in [2.24, 2.45) is 5.73 Å². The Bertz CT molecular complexity index is 488. The molecule has 1 heterocycles. The summed E-state index contributed by atoms with van der Waals surface area (Å²) < 4.78 is 0. The van der Waals surface area contributed by atoms with Crippen molar-refractivity contribution in [1.82, 2.24) is 10.3 Å². The van der Waals surface area contributed by atoms with E-state index in [4.69, 9.17) is 5.73 Å². The van der Waals surface area contributed by atoms with E-state index in [0.29, 0.717) is 11.1 Å². The van der Waals surface area contributed by atoms with Crippen LogP contribution in [0.25, 0.3) is 0 Å². The van der Waals surface area contributed by atoms with E-state index >= 15 is 0 Å². The Labute approximate surface area is 121 Å². The van der Waals surface area contributed by atoms with Crippen LogP contribution in [-0.2, 0) is 0 Å². The van der Waals surface area contributed by atoms with E-state index in [2.05, 4.69) is 29.1 Å². The summed E-state index contributed by atoms with van der Waals surface area (Å²) in [4.78, 5) is 16.2. The molecule has 4 nitrogen and oxygen atoms in total. The highest BCUT2D eigenvalue weighted by Gasteiger charge is 2.12. The molecule has 0 radical (unpaired) electrons. The lowest BCUT2D eigenvalue weighted by Gasteiger charge is -2.14. The van der Waals surface area contributed by atoms with Gasteiger partial charge in [0.2, 0.25) is 0 Å². The highest BCUT2D eigenvalue weighted by molar-refractivity contribution is 5.96. The monoisotopic (exact) mass is 273 g/mol. The number of nitrogens with two attached hydrogens (primary N) is 1. The second-order valence-corrected chi connectivity index (χ2v) is 4.80. The van der Waals surface area contributed by atoms with Gasteiger partial charge in [-0.25, -0.2) is 0 Å². The lowest BCUT2D eigenvalue weighted by molar-refractivity contribution is 0.0937. The van der Waals surface area contributed by atoms with E-state index in [-0.39, 0.29) is 18.5 Å². The average molecular weight is 273 g/mol. The smallest absolute Gasteiger partial charge is 0.252 e. The Morgan fingerprint density at radius 2 is 2.30 bits per heavy atom. The van der Waals surface area contributed by atoms with Crippen molar-refractivity contribution in [3.8, 4) is 11.8 Å². The van der Waals surface area contributed by atoms with Gasteiger partial charge in [-0.15, -0.1) is 0 Å². The lowest BCUT2D eigenvalue weighted by Crippen LogP contribution is -2.33. The zero-order chi connectivity index (χ0) is 14.8. The Balaban J connectivity index is 2.67. The molecule has 3 N–H and O–H groups in total. The fourth-order valence-electron chi connectivity index (χ4n) is 1.91. The molecule has 0 aromatic carbocycles. The number of pyridine rings is 1. The second-order valence-electron chi connectivity index (χ2n) is 4.80. The molecule has 4 heteroatoms. The summed E-state index contributed by atoms with van der Waals surface area (Å²) in [6.07, 6.45) is 7.71. The third-order valence-corrected chi connectivity index (χ3v) is 3.01. The third kappa shape index (κ3) is 5.41. The van der Waals surface area contributed by atoms with Gasteiger partial charge in [-0.3, -0.25) is 9.78 Å². The first-order valence-electron chi connectivity index (χ1n) is 7.12. The molecule has 1 atom stereocenters. The number of nitrogens with zero attached hydrogens (tertiary/aromatic N) is 1. The first-order chi connectivity index (χ1) is 9.69. The number of rotatable bonds is 6. The highest BCUT2D eigenvalue weighted by atomic mass is 16.1. The summed E-state index contributed by atoms with van der Waals surface area (Å²) >= 11 is 0. The van der Waals surface area contributed by atoms with Gasteiger partial charge >= 0.3 is 0 Å². The molecule has 1 amide bonds. The van der Waals surface area contributed by atoms with Crippen LogP contribution in [-0.4, -0.2) is 23.5 Å². The van der Waals surface area contributed by atoms with E-state index in [0.717, 1.165) is 12.8 Å². The average Bonchev–Trinajstić information content (AvgIpc) is 2.45. The largest absolute Gasteiger partial charge is 0.350 e. The van der Waals surface area contributed by atoms with Crippen LogP contribution in [0.3, 0.4) is 0 Å². The van der Waals surface area contributed by atoms with Gasteiger partial charge in [0.1, 0.15) is 0 Å². The first-order valence-corrected chi connectivity index (χ1v) is 7.12. The van der Waals surface area contributed by atoms with Crippen LogP contribution in [0.15, 0.2) is 18.5 Å². The predicted octanol–water partition coefficient (Wildman–Crippen LogP) is 2.09. The maximum absolute atomic E-state index is 12.2. The molecule has 0 aliphatic heterocycles. The van der Waals surface area contributed by atoms with Crippen LogP contribution in [0.2, 0.25) is 0 Å². The molecule has 0 spiro atoms. The maximum atomic E-state index is 12.2. The number of unbranched alkanes of at least 4 members (excludes halogenated alkanes) is 2. The molecule has 0 aliphatic carbocycles. The molecule has 0 bridgehead atoms. The van der Waals surface area contributed by atoms with Gasteiger partial charge in [-0.2, -0.15) is 0 Å². The van der Waals surface area contributed by atoms with Crippen molar-refractivity contribution in [2.45, 2.75) is 45.6 Å². The number of nitrogens with one attached hydrogen (secondary N) is 1. The summed E-state index contributed by atoms with van der Waals surface area (Å²) in [6.45, 7) is 4.46. The molecule has 0 saturated carbocycles. The molecular weight excluding hydrogens is 250 g/mol. The van der Waals surface area contributed by atoms with Gasteiger partial charge in [0.05, 0.1) is 17.7 Å². The lowest BCUT2D eigenvalue weighted by atomic mass is 10.1. The Hall–Kier alpha value is -1.86. The molecule has 0 saturated heterocycles. The van der Waals surface area contributed by atoms with Crippen LogP contribution in [0.5, 0.6) is 0 Å². The van der Waals surface area contributed by atoms with E-state index in [9.17, 15) is 4.79 Å². The van der Waals surface area contributed by atoms with Crippen molar-refractivity contribution in [3.05, 3.63) is 29.6 Å². The molecule has 108 valence electrons. The van der Waals surface area contributed by atoms with E-state index in [1.165, 1.54) is 12.8 Å². The van der Waals surface area contributed by atoms with Crippen LogP contribution >= 0.6 is 0 Å². The van der Waals surface area contributed by atoms with Crippen molar-refractivity contribution >= 4 is 5.91 Å². The molecule has 1 rings (SSSR count). The van der Waals surface area contributed by atoms with E-state index < -0.39 is 0 Å². The van der Waals surface area contributed by atoms with E-state index in [1.807, 2.05) is 6.92 Å². The molecule has 20 heavy (non-hydrogen) atoms. The minimum Gasteiger partial charge on any atom is -0.350 e. The molecule has 0 fully saturated rings. The molecule has 1 unspecified atom stereocenters. The molecule has 1 aromatic rings. The van der Waals surface area contributed by atoms with Crippen LogP contribution in [0.4, 0.5) is 0 Å². The van der Waals surface area contributed by atoms with Gasteiger partial charge in [-0.05, 0) is 19.4 Å². The second kappa shape index (κ2) is 9.11.